The summed E-state index contributed by atoms with van der Waals surface area (Å²) < 4.78 is 5.04. The van der Waals surface area contributed by atoms with Crippen molar-refractivity contribution in [3.05, 3.63) is 0 Å². The van der Waals surface area contributed by atoms with Crippen molar-refractivity contribution in [2.45, 2.75) is 18.9 Å². The maximum atomic E-state index is 10.2. The molecule has 0 aromatic rings. The zero-order chi connectivity index (χ0) is 6.62. The molecule has 0 aliphatic rings. The minimum atomic E-state index is -0.557. The number of carbonyl (C=O) groups is 1. The van der Waals surface area contributed by atoms with Crippen molar-refractivity contribution in [1.29, 1.82) is 0 Å². The van der Waals surface area contributed by atoms with Crippen LogP contribution in [0.1, 0.15) is 13.8 Å². The van der Waals surface area contributed by atoms with Gasteiger partial charge in [-0.2, -0.15) is 0 Å². The molecular weight excluding hydrogens is 136 g/mol. The molecule has 2 nitrogen and oxygen atoms in total. The van der Waals surface area contributed by atoms with Crippen molar-refractivity contribution in [3.8, 4) is 0 Å². The lowest BCUT2D eigenvalue weighted by Crippen LogP contribution is -2.16. The molecule has 0 aromatic carbocycles. The van der Waals surface area contributed by atoms with Crippen molar-refractivity contribution in [3.63, 3.8) is 0 Å². The summed E-state index contributed by atoms with van der Waals surface area (Å²) in [6.07, 6.45) is 0.983. The first-order valence-electron chi connectivity index (χ1n) is 2.57. The summed E-state index contributed by atoms with van der Waals surface area (Å²) in [6.45, 7) is 3.84. The van der Waals surface area contributed by atoms with Crippen molar-refractivity contribution in [2.75, 3.05) is 0 Å². The lowest BCUT2D eigenvalue weighted by atomic mass is 10.2. The monoisotopic (exact) mass is 148 g/mol. The van der Waals surface area contributed by atoms with Crippen LogP contribution in [0.4, 0.5) is 0 Å². The first-order valence-corrected chi connectivity index (χ1v) is 4.68. The highest BCUT2D eigenvalue weighted by Crippen LogP contribution is 2.16. The average Bonchev–Trinajstić information content (AvgIpc) is 1.67. The summed E-state index contributed by atoms with van der Waals surface area (Å²) in [5.74, 6) is 0. The van der Waals surface area contributed by atoms with Gasteiger partial charge >= 0.3 is 0 Å². The molecule has 0 aliphatic carbocycles. The molecule has 0 heterocycles. The second-order valence-electron chi connectivity index (χ2n) is 2.54. The maximum Gasteiger partial charge on any atom is 0.158 e. The van der Waals surface area contributed by atoms with Gasteiger partial charge in [-0.25, -0.2) is 0 Å². The lowest BCUT2D eigenvalue weighted by Gasteiger charge is -2.12. The summed E-state index contributed by atoms with van der Waals surface area (Å²) in [4.78, 5) is 10.2. The topological polar surface area (TPSA) is 26.3 Å². The van der Waals surface area contributed by atoms with E-state index in [9.17, 15) is 4.79 Å². The molecule has 0 saturated heterocycles. The van der Waals surface area contributed by atoms with E-state index in [0.29, 0.717) is 0 Å². The second kappa shape index (κ2) is 3.16. The van der Waals surface area contributed by atoms with Gasteiger partial charge in [0.25, 0.3) is 0 Å². The Kier molecular flexibility index (Phi) is 3.19. The largest absolute Gasteiger partial charge is 0.467 e. The van der Waals surface area contributed by atoms with E-state index in [4.69, 9.17) is 4.12 Å². The van der Waals surface area contributed by atoms with Crippen LogP contribution in [-0.2, 0) is 8.91 Å². The van der Waals surface area contributed by atoms with E-state index in [-0.39, 0.29) is 5.04 Å². The second-order valence-corrected chi connectivity index (χ2v) is 6.96. The Morgan fingerprint density at radius 2 is 2.25 bits per heavy atom. The quantitative estimate of drug-likeness (QED) is 0.370. The van der Waals surface area contributed by atoms with Crippen molar-refractivity contribution in [2.24, 2.45) is 0 Å². The molecule has 0 amide bonds. The Balaban J connectivity index is 3.53. The van der Waals surface area contributed by atoms with Crippen LogP contribution >= 0.6 is 0 Å². The Hall–Kier alpha value is 0.0638. The van der Waals surface area contributed by atoms with Gasteiger partial charge in [0, 0.05) is 5.04 Å². The van der Waals surface area contributed by atoms with Gasteiger partial charge in [0.2, 0.25) is 0 Å². The van der Waals surface area contributed by atoms with Crippen molar-refractivity contribution in [1.82, 2.24) is 0 Å². The minimum Gasteiger partial charge on any atom is -0.467 e. The van der Waals surface area contributed by atoms with Gasteiger partial charge < -0.3 is 8.91 Å². The van der Waals surface area contributed by atoms with E-state index in [1.807, 2.05) is 13.8 Å². The van der Waals surface area contributed by atoms with Crippen LogP contribution in [0.2, 0.25) is 5.04 Å². The zero-order valence-electron chi connectivity index (χ0n) is 5.60. The van der Waals surface area contributed by atoms with Crippen LogP contribution in [0.25, 0.3) is 0 Å². The molecule has 0 aromatic heterocycles. The van der Waals surface area contributed by atoms with E-state index in [1.54, 1.807) is 0 Å². The van der Waals surface area contributed by atoms with E-state index in [0.717, 1.165) is 16.8 Å². The Morgan fingerprint density at radius 1 is 1.75 bits per heavy atom. The van der Waals surface area contributed by atoms with E-state index >= 15 is 0 Å². The molecule has 0 bridgehead atoms. The van der Waals surface area contributed by atoms with Crippen LogP contribution in [0, 0.1) is 0 Å². The summed E-state index contributed by atoms with van der Waals surface area (Å²) in [6, 6.07) is 0. The molecule has 0 spiro atoms. The third kappa shape index (κ3) is 3.12. The Morgan fingerprint density at radius 3 is 2.38 bits per heavy atom. The van der Waals surface area contributed by atoms with Crippen LogP contribution < -0.4 is 0 Å². The summed E-state index contributed by atoms with van der Waals surface area (Å²) in [5, 5.41) is -0.137. The Bertz CT molecular complexity index is 82.1. The predicted octanol–water partition coefficient (Wildman–Crippen LogP) is -1.24. The summed E-state index contributed by atoms with van der Waals surface area (Å²) in [7, 11) is 0.221. The first kappa shape index (κ1) is 8.06. The third-order valence-corrected chi connectivity index (χ3v) is 2.90. The molecule has 0 aliphatic heterocycles. The van der Waals surface area contributed by atoms with Gasteiger partial charge in [-0.15, -0.1) is 0 Å². The highest BCUT2D eigenvalue weighted by atomic mass is 28.3. The molecule has 4 heteroatoms. The number of hydrogen-bond acceptors (Lipinski definition) is 2. The van der Waals surface area contributed by atoms with Crippen LogP contribution in [0.3, 0.4) is 0 Å². The fraction of sp³-hybridized carbons (Fsp3) is 0.750. The fourth-order valence-corrected chi connectivity index (χ4v) is 3.45. The van der Waals surface area contributed by atoms with Gasteiger partial charge in [-0.05, 0) is 0 Å². The SMILES string of the molecule is CC(C)(C=O)[SiH2]O[SiH3]. The molecule has 0 rings (SSSR count). The fourth-order valence-electron chi connectivity index (χ4n) is 0.406. The van der Waals surface area contributed by atoms with Gasteiger partial charge in [0.15, 0.2) is 9.76 Å². The van der Waals surface area contributed by atoms with Gasteiger partial charge in [0.1, 0.15) is 16.8 Å². The highest BCUT2D eigenvalue weighted by molar-refractivity contribution is 6.42. The van der Waals surface area contributed by atoms with Gasteiger partial charge in [0.05, 0.1) is 0 Å². The maximum absolute atomic E-state index is 10.2. The number of rotatable bonds is 3. The van der Waals surface area contributed by atoms with Gasteiger partial charge in [-0.1, -0.05) is 13.8 Å². The smallest absolute Gasteiger partial charge is 0.158 e. The summed E-state index contributed by atoms with van der Waals surface area (Å²) >= 11 is 0. The standard InChI is InChI=1S/C4H12O2Si2/c1-4(2,3-5)8-6-7/h3H,8H2,1-2,7H3. The van der Waals surface area contributed by atoms with E-state index < -0.39 is 9.76 Å². The zero-order valence-corrected chi connectivity index (χ0v) is 9.02. The molecule has 8 heavy (non-hydrogen) atoms. The predicted molar refractivity (Wildman–Crippen MR) is 39.7 cm³/mol. The van der Waals surface area contributed by atoms with E-state index in [1.165, 1.54) is 0 Å². The molecule has 48 valence electrons. The average molecular weight is 148 g/mol. The van der Waals surface area contributed by atoms with Crippen molar-refractivity contribution < 1.29 is 8.91 Å². The number of hydrogen-bond donors (Lipinski definition) is 0. The summed E-state index contributed by atoms with van der Waals surface area (Å²) in [5.41, 5.74) is 0. The van der Waals surface area contributed by atoms with Crippen LogP contribution in [0.5, 0.6) is 0 Å². The van der Waals surface area contributed by atoms with Crippen LogP contribution in [0.15, 0.2) is 0 Å². The minimum absolute atomic E-state index is 0.137. The number of aldehydes is 1. The molecule has 0 N–H and O–H groups in total. The third-order valence-electron chi connectivity index (χ3n) is 0.835. The first-order chi connectivity index (χ1) is 3.62. The molecule has 0 unspecified atom stereocenters. The molecular formula is C4H12O2Si2. The van der Waals surface area contributed by atoms with Crippen molar-refractivity contribution >= 4 is 26.5 Å². The normalized spacial score (nSPS) is 13.2. The number of carbonyl (C=O) groups excluding carboxylic acids is 1. The molecule has 0 atom stereocenters. The highest BCUT2D eigenvalue weighted by Gasteiger charge is 2.15. The lowest BCUT2D eigenvalue weighted by molar-refractivity contribution is -0.109. The molecule has 0 radical (unpaired) electrons. The van der Waals surface area contributed by atoms with E-state index in [2.05, 4.69) is 0 Å². The Labute approximate surface area is 55.1 Å². The van der Waals surface area contributed by atoms with Crippen LogP contribution in [-0.4, -0.2) is 26.5 Å². The molecule has 0 saturated carbocycles. The molecule has 0 fully saturated rings. The van der Waals surface area contributed by atoms with Gasteiger partial charge in [-0.3, -0.25) is 0 Å².